The second-order valence-electron chi connectivity index (χ2n) is 10.8. The van der Waals surface area contributed by atoms with E-state index in [0.29, 0.717) is 0 Å². The van der Waals surface area contributed by atoms with Crippen molar-refractivity contribution in [3.05, 3.63) is 144 Å². The van der Waals surface area contributed by atoms with E-state index >= 15 is 0 Å². The molecule has 0 unspecified atom stereocenters. The quantitative estimate of drug-likeness (QED) is 0.145. The minimum atomic E-state index is -3.97. The third kappa shape index (κ3) is 3.53. The van der Waals surface area contributed by atoms with E-state index < -0.39 is 20.3 Å². The SMILES string of the molecule is Cc1cc[c]([BiH]([c]2ccc(C)cc2)([c]2ccc(C)cc2)[c]2ccc3ccc4cccc5ccc2c3c45)cc1. The maximum absolute atomic E-state index is 3.97. The van der Waals surface area contributed by atoms with Crippen molar-refractivity contribution >= 4 is 65.7 Å². The number of hydrogen-bond acceptors (Lipinski definition) is 0. The van der Waals surface area contributed by atoms with E-state index in [0.717, 1.165) is 0 Å². The van der Waals surface area contributed by atoms with Crippen LogP contribution in [-0.4, -0.2) is 20.3 Å². The van der Waals surface area contributed by atoms with Gasteiger partial charge in [-0.1, -0.05) is 0 Å². The van der Waals surface area contributed by atoms with Gasteiger partial charge in [-0.25, -0.2) is 0 Å². The Labute approximate surface area is 229 Å². The van der Waals surface area contributed by atoms with Crippen LogP contribution in [0.1, 0.15) is 16.7 Å². The molecule has 0 bridgehead atoms. The van der Waals surface area contributed by atoms with Crippen LogP contribution in [-0.2, 0) is 0 Å². The van der Waals surface area contributed by atoms with Crippen molar-refractivity contribution in [2.45, 2.75) is 20.8 Å². The first-order valence-corrected chi connectivity index (χ1v) is 21.2. The van der Waals surface area contributed by atoms with E-state index in [2.05, 4.69) is 148 Å². The van der Waals surface area contributed by atoms with Gasteiger partial charge in [0.1, 0.15) is 0 Å². The van der Waals surface area contributed by atoms with Crippen LogP contribution in [0.2, 0.25) is 0 Å². The summed E-state index contributed by atoms with van der Waals surface area (Å²) in [5.74, 6) is 0. The second kappa shape index (κ2) is 9.04. The van der Waals surface area contributed by atoms with Crippen LogP contribution in [0, 0.1) is 20.8 Å². The fraction of sp³-hybridized carbons (Fsp3) is 0.0811. The molecule has 0 fully saturated rings. The summed E-state index contributed by atoms with van der Waals surface area (Å²) in [4.78, 5) is 0. The summed E-state index contributed by atoms with van der Waals surface area (Å²) in [5, 5.41) is 8.18. The first kappa shape index (κ1) is 23.6. The molecule has 7 aromatic carbocycles. The van der Waals surface area contributed by atoms with Gasteiger partial charge in [0, 0.05) is 0 Å². The number of aryl methyl sites for hydroxylation is 3. The maximum atomic E-state index is 2.48. The van der Waals surface area contributed by atoms with Gasteiger partial charge in [0.05, 0.1) is 0 Å². The van der Waals surface area contributed by atoms with Gasteiger partial charge >= 0.3 is 231 Å². The summed E-state index contributed by atoms with van der Waals surface area (Å²) < 4.78 is 6.06. The van der Waals surface area contributed by atoms with E-state index in [1.807, 2.05) is 0 Å². The zero-order valence-corrected chi connectivity index (χ0v) is 26.0. The molecule has 0 N–H and O–H groups in total. The summed E-state index contributed by atoms with van der Waals surface area (Å²) in [5.41, 5.74) is 3.91. The topological polar surface area (TPSA) is 0 Å². The van der Waals surface area contributed by atoms with E-state index in [4.69, 9.17) is 0 Å². The van der Waals surface area contributed by atoms with Gasteiger partial charge in [-0.05, 0) is 0 Å². The minimum absolute atomic E-state index is 1.30. The molecule has 0 nitrogen and oxygen atoms in total. The number of hydrogen-bond donors (Lipinski definition) is 0. The molecule has 0 heterocycles. The van der Waals surface area contributed by atoms with Crippen LogP contribution < -0.4 is 13.1 Å². The summed E-state index contributed by atoms with van der Waals surface area (Å²) in [6.45, 7) is 6.57. The van der Waals surface area contributed by atoms with Crippen LogP contribution in [0.25, 0.3) is 32.3 Å². The van der Waals surface area contributed by atoms with E-state index in [1.165, 1.54) is 58.8 Å². The van der Waals surface area contributed by atoms with Crippen molar-refractivity contribution in [1.29, 1.82) is 0 Å². The Morgan fingerprint density at radius 3 is 1.24 bits per heavy atom. The Balaban J connectivity index is 1.70. The number of rotatable bonds is 4. The predicted molar refractivity (Wildman–Crippen MR) is 169 cm³/mol. The van der Waals surface area contributed by atoms with Crippen LogP contribution in [0.4, 0.5) is 0 Å². The van der Waals surface area contributed by atoms with Gasteiger partial charge in [0.25, 0.3) is 0 Å². The van der Waals surface area contributed by atoms with Gasteiger partial charge < -0.3 is 0 Å². The number of benzene rings is 7. The average Bonchev–Trinajstić information content (AvgIpc) is 2.95. The summed E-state index contributed by atoms with van der Waals surface area (Å²) in [7, 11) is 0. The van der Waals surface area contributed by atoms with Crippen molar-refractivity contribution in [2.24, 2.45) is 0 Å². The molecule has 0 radical (unpaired) electrons. The van der Waals surface area contributed by atoms with Crippen molar-refractivity contribution in [2.75, 3.05) is 0 Å². The molecular formula is C37H31Bi. The Hall–Kier alpha value is -3.54. The fourth-order valence-electron chi connectivity index (χ4n) is 6.44. The van der Waals surface area contributed by atoms with Gasteiger partial charge in [0.15, 0.2) is 0 Å². The molecule has 0 aliphatic heterocycles. The van der Waals surface area contributed by atoms with Crippen LogP contribution >= 0.6 is 0 Å². The molecule has 0 amide bonds. The van der Waals surface area contributed by atoms with Crippen molar-refractivity contribution in [1.82, 2.24) is 0 Å². The molecule has 0 aliphatic carbocycles. The van der Waals surface area contributed by atoms with Crippen molar-refractivity contribution < 1.29 is 0 Å². The van der Waals surface area contributed by atoms with Crippen molar-refractivity contribution in [3.8, 4) is 0 Å². The van der Waals surface area contributed by atoms with E-state index in [9.17, 15) is 0 Å². The average molecular weight is 685 g/mol. The molecular weight excluding hydrogens is 653 g/mol. The van der Waals surface area contributed by atoms with Crippen LogP contribution in [0.15, 0.2) is 127 Å². The molecule has 38 heavy (non-hydrogen) atoms. The summed E-state index contributed by atoms with van der Waals surface area (Å²) in [6.07, 6.45) is 0. The molecule has 0 atom stereocenters. The van der Waals surface area contributed by atoms with Gasteiger partial charge in [-0.2, -0.15) is 0 Å². The molecule has 0 aromatic heterocycles. The standard InChI is InChI=1S/C16H9.3C7H7.Bi.H/c1-3-11-7-9-13-5-2-6-14-10-8-12(4-1)15(11)16(13)14;3*1-7-5-3-2-4-6-7;;/h1-5,7-10H;3*3-6H,1H3;;. The monoisotopic (exact) mass is 684 g/mol. The molecule has 0 spiro atoms. The Morgan fingerprint density at radius 2 is 0.763 bits per heavy atom. The third-order valence-electron chi connectivity index (χ3n) is 8.39. The molecule has 1 heteroatoms. The fourth-order valence-corrected chi connectivity index (χ4v) is 25.4. The summed E-state index contributed by atoms with van der Waals surface area (Å²) >= 11 is -3.97. The zero-order valence-electron chi connectivity index (χ0n) is 22.1. The van der Waals surface area contributed by atoms with Gasteiger partial charge in [-0.3, -0.25) is 0 Å². The Bertz CT molecular complexity index is 1780. The molecule has 184 valence electrons. The molecule has 0 saturated carbocycles. The molecule has 0 saturated heterocycles. The molecule has 7 aromatic rings. The van der Waals surface area contributed by atoms with Crippen LogP contribution in [0.5, 0.6) is 0 Å². The normalized spacial score (nSPS) is 12.5. The Morgan fingerprint density at radius 1 is 0.368 bits per heavy atom. The third-order valence-corrected chi connectivity index (χ3v) is 27.2. The Kier molecular flexibility index (Phi) is 5.61. The van der Waals surface area contributed by atoms with Crippen LogP contribution in [0.3, 0.4) is 0 Å². The first-order chi connectivity index (χ1) is 18.6. The predicted octanol–water partition coefficient (Wildman–Crippen LogP) is 6.62. The zero-order chi connectivity index (χ0) is 25.9. The van der Waals surface area contributed by atoms with Gasteiger partial charge in [-0.15, -0.1) is 0 Å². The molecule has 0 aliphatic rings. The van der Waals surface area contributed by atoms with Gasteiger partial charge in [0.2, 0.25) is 0 Å². The second-order valence-corrected chi connectivity index (χ2v) is 25.5. The van der Waals surface area contributed by atoms with Crippen molar-refractivity contribution in [3.63, 3.8) is 0 Å². The van der Waals surface area contributed by atoms with E-state index in [1.54, 1.807) is 3.27 Å². The van der Waals surface area contributed by atoms with E-state index in [-0.39, 0.29) is 0 Å². The molecule has 7 rings (SSSR count). The summed E-state index contributed by atoms with van der Waals surface area (Å²) in [6, 6.07) is 49.3. The first-order valence-electron chi connectivity index (χ1n) is 13.4.